The summed E-state index contributed by atoms with van der Waals surface area (Å²) in [5.41, 5.74) is 3.10. The lowest BCUT2D eigenvalue weighted by Gasteiger charge is -2.06. The fourth-order valence-electron chi connectivity index (χ4n) is 2.08. The first-order valence-electron chi connectivity index (χ1n) is 6.47. The number of nitrogens with zero attached hydrogens (tertiary/aromatic N) is 2. The average Bonchev–Trinajstić information content (AvgIpc) is 2.90. The zero-order chi connectivity index (χ0) is 14.8. The van der Waals surface area contributed by atoms with Crippen LogP contribution in [0.5, 0.6) is 0 Å². The Hall–Kier alpha value is -2.21. The number of benzene rings is 1. The number of carbonyl (C=O) groups excluding carboxylic acids is 1. The maximum absolute atomic E-state index is 12.2. The largest absolute Gasteiger partial charge is 0.345 e. The molecule has 2 N–H and O–H groups in total. The summed E-state index contributed by atoms with van der Waals surface area (Å²) in [6.45, 7) is 2.24. The molecule has 0 atom stereocenters. The summed E-state index contributed by atoms with van der Waals surface area (Å²) in [6.07, 6.45) is 1.69. The molecule has 0 radical (unpaired) electrons. The number of fused-ring (bicyclic) bond motifs is 1. The van der Waals surface area contributed by atoms with Crippen molar-refractivity contribution in [2.24, 2.45) is 0 Å². The van der Waals surface area contributed by atoms with Crippen molar-refractivity contribution in [3.63, 3.8) is 0 Å². The molecule has 3 aromatic rings. The highest BCUT2D eigenvalue weighted by Gasteiger charge is 2.10. The van der Waals surface area contributed by atoms with Gasteiger partial charge in [0.25, 0.3) is 5.91 Å². The van der Waals surface area contributed by atoms with Gasteiger partial charge in [0.2, 0.25) is 0 Å². The van der Waals surface area contributed by atoms with Crippen molar-refractivity contribution in [3.8, 4) is 0 Å². The van der Waals surface area contributed by atoms with E-state index in [0.717, 1.165) is 15.6 Å². The first-order valence-corrected chi connectivity index (χ1v) is 7.27. The van der Waals surface area contributed by atoms with Gasteiger partial charge in [-0.25, -0.2) is 9.97 Å². The summed E-state index contributed by atoms with van der Waals surface area (Å²) in [5.74, 6) is 0.562. The van der Waals surface area contributed by atoms with Crippen molar-refractivity contribution in [3.05, 3.63) is 58.0 Å². The molecule has 0 aliphatic rings. The molecule has 5 nitrogen and oxygen atoms in total. The van der Waals surface area contributed by atoms with E-state index in [1.807, 2.05) is 37.3 Å². The van der Waals surface area contributed by atoms with Gasteiger partial charge in [0.15, 0.2) is 5.65 Å². The zero-order valence-corrected chi connectivity index (χ0v) is 12.9. The van der Waals surface area contributed by atoms with Crippen LogP contribution in [0.4, 0.5) is 0 Å². The zero-order valence-electron chi connectivity index (χ0n) is 11.4. The summed E-state index contributed by atoms with van der Waals surface area (Å²) in [4.78, 5) is 23.8. The van der Waals surface area contributed by atoms with E-state index in [9.17, 15) is 4.79 Å². The molecule has 0 spiro atoms. The van der Waals surface area contributed by atoms with Gasteiger partial charge in [-0.3, -0.25) is 4.79 Å². The third kappa shape index (κ3) is 2.95. The van der Waals surface area contributed by atoms with Gasteiger partial charge in [0.1, 0.15) is 5.82 Å². The molecule has 0 saturated carbocycles. The first-order chi connectivity index (χ1) is 10.1. The van der Waals surface area contributed by atoms with Gasteiger partial charge in [-0.15, -0.1) is 0 Å². The normalized spacial score (nSPS) is 10.8. The third-order valence-electron chi connectivity index (χ3n) is 3.17. The molecule has 3 rings (SSSR count). The fraction of sp³-hybridized carbons (Fsp3) is 0.133. The minimum Gasteiger partial charge on any atom is -0.345 e. The monoisotopic (exact) mass is 344 g/mol. The van der Waals surface area contributed by atoms with Crippen LogP contribution < -0.4 is 5.32 Å². The number of carbonyl (C=O) groups is 1. The van der Waals surface area contributed by atoms with Crippen molar-refractivity contribution >= 4 is 33.0 Å². The molecule has 1 amide bonds. The molecule has 2 heterocycles. The Balaban J connectivity index is 1.74. The highest BCUT2D eigenvalue weighted by atomic mass is 79.9. The Morgan fingerprint density at radius 1 is 1.38 bits per heavy atom. The van der Waals surface area contributed by atoms with Crippen molar-refractivity contribution in [2.75, 3.05) is 0 Å². The number of nitrogens with one attached hydrogen (secondary N) is 2. The maximum atomic E-state index is 12.2. The van der Waals surface area contributed by atoms with E-state index in [4.69, 9.17) is 0 Å². The lowest BCUT2D eigenvalue weighted by molar-refractivity contribution is 0.0949. The highest BCUT2D eigenvalue weighted by Crippen LogP contribution is 2.16. The molecule has 0 bridgehead atoms. The fourth-order valence-corrected chi connectivity index (χ4v) is 2.44. The topological polar surface area (TPSA) is 70.7 Å². The second-order valence-electron chi connectivity index (χ2n) is 4.70. The van der Waals surface area contributed by atoms with Crippen LogP contribution in [0.15, 0.2) is 41.0 Å². The van der Waals surface area contributed by atoms with E-state index in [2.05, 4.69) is 36.2 Å². The number of amides is 1. The minimum absolute atomic E-state index is 0.123. The third-order valence-corrected chi connectivity index (χ3v) is 3.66. The summed E-state index contributed by atoms with van der Waals surface area (Å²) < 4.78 is 0.881. The van der Waals surface area contributed by atoms with Crippen LogP contribution in [0, 0.1) is 6.92 Å². The van der Waals surface area contributed by atoms with Crippen LogP contribution in [0.3, 0.4) is 0 Å². The smallest absolute Gasteiger partial charge is 0.251 e. The van der Waals surface area contributed by atoms with Crippen LogP contribution in [0.1, 0.15) is 21.7 Å². The van der Waals surface area contributed by atoms with Crippen molar-refractivity contribution in [1.29, 1.82) is 0 Å². The lowest BCUT2D eigenvalue weighted by Crippen LogP contribution is -2.24. The van der Waals surface area contributed by atoms with Crippen LogP contribution in [-0.2, 0) is 6.54 Å². The quantitative estimate of drug-likeness (QED) is 0.767. The predicted molar refractivity (Wildman–Crippen MR) is 83.9 cm³/mol. The van der Waals surface area contributed by atoms with E-state index in [0.29, 0.717) is 23.6 Å². The van der Waals surface area contributed by atoms with E-state index in [-0.39, 0.29) is 5.91 Å². The number of aromatic nitrogens is 3. The highest BCUT2D eigenvalue weighted by molar-refractivity contribution is 9.10. The number of aryl methyl sites for hydroxylation is 1. The van der Waals surface area contributed by atoms with Crippen LogP contribution in [-0.4, -0.2) is 20.9 Å². The van der Waals surface area contributed by atoms with E-state index >= 15 is 0 Å². The van der Waals surface area contributed by atoms with Gasteiger partial charge >= 0.3 is 0 Å². The number of rotatable bonds is 3. The molecular formula is C15H13BrN4O. The second kappa shape index (κ2) is 5.65. The van der Waals surface area contributed by atoms with E-state index in [1.54, 1.807) is 6.20 Å². The molecule has 0 saturated heterocycles. The van der Waals surface area contributed by atoms with Gasteiger partial charge in [0, 0.05) is 16.2 Å². The molecule has 0 aliphatic heterocycles. The van der Waals surface area contributed by atoms with Crippen molar-refractivity contribution in [1.82, 2.24) is 20.3 Å². The summed E-state index contributed by atoms with van der Waals surface area (Å²) in [6, 6.07) is 9.37. The Labute approximate surface area is 129 Å². The minimum atomic E-state index is -0.123. The number of aromatic amines is 1. The molecular weight excluding hydrogens is 332 g/mol. The molecule has 1 aromatic carbocycles. The average molecular weight is 345 g/mol. The number of hydrogen-bond donors (Lipinski definition) is 2. The van der Waals surface area contributed by atoms with Gasteiger partial charge in [0.05, 0.1) is 12.1 Å². The van der Waals surface area contributed by atoms with Gasteiger partial charge in [-0.05, 0) is 36.8 Å². The van der Waals surface area contributed by atoms with Gasteiger partial charge < -0.3 is 10.3 Å². The molecule has 0 fully saturated rings. The molecule has 0 unspecified atom stereocenters. The number of halogens is 1. The second-order valence-corrected chi connectivity index (χ2v) is 5.62. The number of imidazole rings is 1. The van der Waals surface area contributed by atoms with Crippen molar-refractivity contribution in [2.45, 2.75) is 13.5 Å². The first kappa shape index (κ1) is 13.8. The number of H-pyrrole nitrogens is 1. The molecule has 2 aromatic heterocycles. The lowest BCUT2D eigenvalue weighted by atomic mass is 10.1. The van der Waals surface area contributed by atoms with Crippen LogP contribution in [0.2, 0.25) is 0 Å². The Morgan fingerprint density at radius 3 is 3.05 bits per heavy atom. The summed E-state index contributed by atoms with van der Waals surface area (Å²) in [7, 11) is 0. The predicted octanol–water partition coefficient (Wildman–Crippen LogP) is 2.96. The summed E-state index contributed by atoms with van der Waals surface area (Å²) in [5, 5.41) is 2.86. The molecule has 0 aliphatic carbocycles. The van der Waals surface area contributed by atoms with Crippen LogP contribution >= 0.6 is 15.9 Å². The van der Waals surface area contributed by atoms with Gasteiger partial charge in [-0.2, -0.15) is 0 Å². The molecule has 106 valence electrons. The SMILES string of the molecule is Cc1ccc(Br)cc1C(=O)NCc1nc2ncccc2[nH]1. The van der Waals surface area contributed by atoms with Crippen molar-refractivity contribution < 1.29 is 4.79 Å². The van der Waals surface area contributed by atoms with Crippen LogP contribution in [0.25, 0.3) is 11.2 Å². The number of pyridine rings is 1. The van der Waals surface area contributed by atoms with E-state index in [1.165, 1.54) is 0 Å². The Morgan fingerprint density at radius 2 is 2.24 bits per heavy atom. The number of hydrogen-bond acceptors (Lipinski definition) is 3. The standard InChI is InChI=1S/C15H13BrN4O/c1-9-4-5-10(16)7-11(9)15(21)18-8-13-19-12-3-2-6-17-14(12)20-13/h2-7H,8H2,1H3,(H,18,21)(H,17,19,20). The maximum Gasteiger partial charge on any atom is 0.251 e. The molecule has 21 heavy (non-hydrogen) atoms. The Kier molecular flexibility index (Phi) is 3.70. The molecule has 6 heteroatoms. The van der Waals surface area contributed by atoms with E-state index < -0.39 is 0 Å². The Bertz CT molecular complexity index is 779. The summed E-state index contributed by atoms with van der Waals surface area (Å²) >= 11 is 3.38. The van der Waals surface area contributed by atoms with Gasteiger partial charge in [-0.1, -0.05) is 22.0 Å².